The Balaban J connectivity index is 1.80. The first kappa shape index (κ1) is 23.4. The zero-order valence-corrected chi connectivity index (χ0v) is 19.0. The fourth-order valence-corrected chi connectivity index (χ4v) is 4.19. The lowest BCUT2D eigenvalue weighted by atomic mass is 10.2. The molecule has 1 heterocycles. The van der Waals surface area contributed by atoms with Crippen LogP contribution in [0.4, 0.5) is 11.4 Å². The largest absolute Gasteiger partial charge is 0.365 e. The molecule has 3 aromatic rings. The van der Waals surface area contributed by atoms with Crippen molar-refractivity contribution >= 4 is 21.4 Å². The zero-order chi connectivity index (χ0) is 23.3. The fourth-order valence-electron chi connectivity index (χ4n) is 3.15. The summed E-state index contributed by atoms with van der Waals surface area (Å²) in [5, 5.41) is 16.0. The van der Waals surface area contributed by atoms with E-state index < -0.39 is 14.9 Å². The van der Waals surface area contributed by atoms with E-state index in [2.05, 4.69) is 9.82 Å². The minimum Gasteiger partial charge on any atom is -0.365 e. The topological polar surface area (TPSA) is 114 Å². The van der Waals surface area contributed by atoms with Crippen LogP contribution in [0.25, 0.3) is 5.69 Å². The number of para-hydroxylation sites is 1. The van der Waals surface area contributed by atoms with Crippen molar-refractivity contribution in [1.82, 2.24) is 19.4 Å². The third kappa shape index (κ3) is 5.69. The summed E-state index contributed by atoms with van der Waals surface area (Å²) in [6.07, 6.45) is 3.55. The molecule has 0 radical (unpaired) electrons. The van der Waals surface area contributed by atoms with E-state index in [1.165, 1.54) is 12.1 Å². The number of nitrogens with one attached hydrogen (secondary N) is 1. The lowest BCUT2D eigenvalue weighted by Crippen LogP contribution is -2.31. The lowest BCUT2D eigenvalue weighted by molar-refractivity contribution is -0.384. The number of benzene rings is 2. The van der Waals surface area contributed by atoms with Gasteiger partial charge < -0.3 is 9.80 Å². The average Bonchev–Trinajstić information content (AvgIpc) is 3.22. The maximum absolute atomic E-state index is 12.5. The average molecular weight is 459 g/mol. The molecule has 0 amide bonds. The highest BCUT2D eigenvalue weighted by Gasteiger charge is 2.23. The number of nitro groups is 1. The van der Waals surface area contributed by atoms with E-state index in [0.717, 1.165) is 17.3 Å². The Morgan fingerprint density at radius 2 is 1.84 bits per heavy atom. The van der Waals surface area contributed by atoms with Crippen LogP contribution in [0.5, 0.6) is 0 Å². The first-order valence-corrected chi connectivity index (χ1v) is 11.4. The van der Waals surface area contributed by atoms with Crippen molar-refractivity contribution in [3.8, 4) is 5.69 Å². The quantitative estimate of drug-likeness (QED) is 0.366. The van der Waals surface area contributed by atoms with Gasteiger partial charge in [0.2, 0.25) is 10.0 Å². The normalized spacial score (nSPS) is 11.6. The van der Waals surface area contributed by atoms with E-state index in [1.807, 2.05) is 55.5 Å². The molecule has 0 fully saturated rings. The van der Waals surface area contributed by atoms with Gasteiger partial charge in [-0.2, -0.15) is 5.10 Å². The lowest BCUT2D eigenvalue weighted by Gasteiger charge is -2.19. The summed E-state index contributed by atoms with van der Waals surface area (Å²) in [5.74, 6) is 0. The van der Waals surface area contributed by atoms with E-state index in [-0.39, 0.29) is 17.1 Å². The number of anilines is 1. The number of rotatable bonds is 10. The molecule has 0 saturated carbocycles. The first-order chi connectivity index (χ1) is 15.2. The number of likely N-dealkylation sites (N-methyl/N-ethyl adjacent to an activating group) is 1. The summed E-state index contributed by atoms with van der Waals surface area (Å²) in [6, 6.07) is 13.5. The highest BCUT2D eigenvalue weighted by molar-refractivity contribution is 7.89. The van der Waals surface area contributed by atoms with Crippen molar-refractivity contribution < 1.29 is 13.3 Å². The Morgan fingerprint density at radius 1 is 1.12 bits per heavy atom. The van der Waals surface area contributed by atoms with Crippen LogP contribution in [0.2, 0.25) is 0 Å². The summed E-state index contributed by atoms with van der Waals surface area (Å²) in [4.78, 5) is 14.5. The van der Waals surface area contributed by atoms with Gasteiger partial charge in [-0.1, -0.05) is 18.2 Å². The van der Waals surface area contributed by atoms with Crippen molar-refractivity contribution in [2.75, 3.05) is 39.1 Å². The molecular weight excluding hydrogens is 432 g/mol. The number of nitrogens with zero attached hydrogens (tertiary/aromatic N) is 5. The van der Waals surface area contributed by atoms with Gasteiger partial charge in [0.1, 0.15) is 5.69 Å². The molecule has 0 aliphatic rings. The van der Waals surface area contributed by atoms with E-state index in [1.54, 1.807) is 22.8 Å². The fraction of sp³-hybridized carbons (Fsp3) is 0.286. The molecule has 2 aromatic carbocycles. The number of hydrogen-bond acceptors (Lipinski definition) is 7. The van der Waals surface area contributed by atoms with Crippen LogP contribution in [-0.4, -0.2) is 62.3 Å². The molecule has 11 heteroatoms. The molecule has 0 bridgehead atoms. The minimum atomic E-state index is -3.85. The molecule has 0 unspecified atom stereocenters. The molecule has 0 aliphatic heterocycles. The number of aromatic nitrogens is 2. The van der Waals surface area contributed by atoms with Gasteiger partial charge in [-0.25, -0.2) is 17.8 Å². The molecule has 32 heavy (non-hydrogen) atoms. The Labute approximate surface area is 187 Å². The van der Waals surface area contributed by atoms with Crippen LogP contribution in [0, 0.1) is 10.1 Å². The SMILES string of the molecule is CN(C)CCNS(=O)(=O)c1ccc(N(C)Cc2cnn(-c3ccccc3)c2)c([N+](=O)[O-])c1. The van der Waals surface area contributed by atoms with E-state index in [9.17, 15) is 18.5 Å². The van der Waals surface area contributed by atoms with Crippen molar-refractivity contribution in [3.63, 3.8) is 0 Å². The van der Waals surface area contributed by atoms with Gasteiger partial charge in [0.05, 0.1) is 21.7 Å². The van der Waals surface area contributed by atoms with Crippen LogP contribution < -0.4 is 9.62 Å². The predicted octanol–water partition coefficient (Wildman–Crippen LogP) is 2.26. The molecular formula is C21H26N6O4S. The number of nitro benzene ring substituents is 1. The third-order valence-electron chi connectivity index (χ3n) is 4.79. The minimum absolute atomic E-state index is 0.142. The first-order valence-electron chi connectivity index (χ1n) is 9.90. The Kier molecular flexibility index (Phi) is 7.23. The maximum atomic E-state index is 12.5. The summed E-state index contributed by atoms with van der Waals surface area (Å²) in [6.45, 7) is 1.08. The summed E-state index contributed by atoms with van der Waals surface area (Å²) in [5.41, 5.74) is 1.80. The molecule has 1 aromatic heterocycles. The summed E-state index contributed by atoms with van der Waals surface area (Å²) in [7, 11) is 1.51. The second-order valence-electron chi connectivity index (χ2n) is 7.59. The van der Waals surface area contributed by atoms with Crippen molar-refractivity contribution in [2.24, 2.45) is 0 Å². The van der Waals surface area contributed by atoms with Crippen LogP contribution in [0.1, 0.15) is 5.56 Å². The molecule has 10 nitrogen and oxygen atoms in total. The standard InChI is InChI=1S/C21H26N6O4S/c1-24(2)12-11-23-32(30,31)19-9-10-20(21(13-19)27(28)29)25(3)15-17-14-22-26(16-17)18-7-5-4-6-8-18/h4-10,13-14,16,23H,11-12,15H2,1-3H3. The third-order valence-corrected chi connectivity index (χ3v) is 6.25. The van der Waals surface area contributed by atoms with Gasteiger partial charge in [-0.15, -0.1) is 0 Å². The van der Waals surface area contributed by atoms with Gasteiger partial charge in [-0.05, 0) is 38.4 Å². The monoisotopic (exact) mass is 458 g/mol. The Bertz CT molecular complexity index is 1180. The highest BCUT2D eigenvalue weighted by atomic mass is 32.2. The molecule has 0 spiro atoms. The van der Waals surface area contributed by atoms with Crippen molar-refractivity contribution in [2.45, 2.75) is 11.4 Å². The molecule has 0 saturated heterocycles. The van der Waals surface area contributed by atoms with E-state index >= 15 is 0 Å². The molecule has 0 atom stereocenters. The molecule has 170 valence electrons. The smallest absolute Gasteiger partial charge is 0.293 e. The van der Waals surface area contributed by atoms with Gasteiger partial charge in [0, 0.05) is 44.5 Å². The number of sulfonamides is 1. The Hall–Kier alpha value is -3.28. The second-order valence-corrected chi connectivity index (χ2v) is 9.36. The van der Waals surface area contributed by atoms with Crippen LogP contribution >= 0.6 is 0 Å². The van der Waals surface area contributed by atoms with Gasteiger partial charge >= 0.3 is 0 Å². The van der Waals surface area contributed by atoms with E-state index in [0.29, 0.717) is 18.8 Å². The molecule has 0 aliphatic carbocycles. The van der Waals surface area contributed by atoms with Crippen molar-refractivity contribution in [1.29, 1.82) is 0 Å². The van der Waals surface area contributed by atoms with Gasteiger partial charge in [-0.3, -0.25) is 10.1 Å². The Morgan fingerprint density at radius 3 is 2.50 bits per heavy atom. The van der Waals surface area contributed by atoms with Crippen molar-refractivity contribution in [3.05, 3.63) is 76.6 Å². The summed E-state index contributed by atoms with van der Waals surface area (Å²) < 4.78 is 29.2. The van der Waals surface area contributed by atoms with Gasteiger partial charge in [0.25, 0.3) is 5.69 Å². The van der Waals surface area contributed by atoms with Crippen LogP contribution in [-0.2, 0) is 16.6 Å². The molecule has 3 rings (SSSR count). The second kappa shape index (κ2) is 9.90. The van der Waals surface area contributed by atoms with Gasteiger partial charge in [0.15, 0.2) is 0 Å². The predicted molar refractivity (Wildman–Crippen MR) is 123 cm³/mol. The summed E-state index contributed by atoms with van der Waals surface area (Å²) >= 11 is 0. The highest BCUT2D eigenvalue weighted by Crippen LogP contribution is 2.31. The van der Waals surface area contributed by atoms with Crippen LogP contribution in [0.3, 0.4) is 0 Å². The number of hydrogen-bond donors (Lipinski definition) is 1. The molecule has 1 N–H and O–H groups in total. The van der Waals surface area contributed by atoms with E-state index in [4.69, 9.17) is 0 Å². The zero-order valence-electron chi connectivity index (χ0n) is 18.2. The van der Waals surface area contributed by atoms with Crippen LogP contribution in [0.15, 0.2) is 65.8 Å². The maximum Gasteiger partial charge on any atom is 0.293 e.